The maximum atomic E-state index is 6.49. The third-order valence-corrected chi connectivity index (χ3v) is 5.17. The molecule has 27 heavy (non-hydrogen) atoms. The van der Waals surface area contributed by atoms with E-state index in [-0.39, 0.29) is 18.2 Å². The summed E-state index contributed by atoms with van der Waals surface area (Å²) in [5.74, 6) is 0.488. The van der Waals surface area contributed by atoms with Crippen molar-refractivity contribution in [1.82, 2.24) is 15.0 Å². The Balaban J connectivity index is 1.62. The van der Waals surface area contributed by atoms with Crippen LogP contribution < -0.4 is 10.3 Å². The van der Waals surface area contributed by atoms with Crippen LogP contribution in [0.15, 0.2) is 54.6 Å². The molecule has 4 rings (SSSR count). The van der Waals surface area contributed by atoms with Gasteiger partial charge in [-0.25, -0.2) is 5.43 Å². The quantitative estimate of drug-likeness (QED) is 0.758. The van der Waals surface area contributed by atoms with E-state index >= 15 is 0 Å². The summed E-state index contributed by atoms with van der Waals surface area (Å²) in [5, 5.41) is 2.44. The molecule has 2 aliphatic heterocycles. The fourth-order valence-corrected chi connectivity index (χ4v) is 3.74. The van der Waals surface area contributed by atoms with Crippen molar-refractivity contribution in [2.24, 2.45) is 0 Å². The number of hydrazine groups is 1. The van der Waals surface area contributed by atoms with Crippen LogP contribution in [0.1, 0.15) is 18.4 Å². The molecule has 6 nitrogen and oxygen atoms in total. The van der Waals surface area contributed by atoms with Crippen molar-refractivity contribution in [2.75, 3.05) is 13.3 Å². The number of nitrogens with one attached hydrogen (secondary N) is 1. The van der Waals surface area contributed by atoms with Crippen molar-refractivity contribution in [3.05, 3.63) is 65.2 Å². The van der Waals surface area contributed by atoms with E-state index in [1.54, 1.807) is 17.2 Å². The molecule has 0 saturated carbocycles. The summed E-state index contributed by atoms with van der Waals surface area (Å²) in [7, 11) is 0. The molecule has 0 aromatic heterocycles. The van der Waals surface area contributed by atoms with Gasteiger partial charge in [0.2, 0.25) is 0 Å². The smallest absolute Gasteiger partial charge is 0.167 e. The fourth-order valence-electron chi connectivity index (χ4n) is 3.35. The summed E-state index contributed by atoms with van der Waals surface area (Å²) in [5.41, 5.74) is 4.15. The van der Waals surface area contributed by atoms with Crippen molar-refractivity contribution < 1.29 is 14.3 Å². The van der Waals surface area contributed by atoms with Crippen LogP contribution >= 0.6 is 23.4 Å². The monoisotopic (exact) mass is 409 g/mol. The molecule has 2 aliphatic rings. The highest BCUT2D eigenvalue weighted by atomic mass is 35.5. The lowest BCUT2D eigenvalue weighted by Gasteiger charge is -2.34. The standard InChI is InChI=1S/C19H21Cl2N3O3/c1-13-11-25-19(26-13)17(14-5-3-2-4-6-14)18-23(12-22-24(18)21)27-16-9-7-15(20)8-10-16/h2-10,13,17-19,22H,11-12H2,1H3. The first-order valence-electron chi connectivity index (χ1n) is 8.82. The summed E-state index contributed by atoms with van der Waals surface area (Å²) < 4.78 is 13.5. The van der Waals surface area contributed by atoms with Gasteiger partial charge >= 0.3 is 0 Å². The maximum absolute atomic E-state index is 6.49. The Bertz CT molecular complexity index is 750. The van der Waals surface area contributed by atoms with Crippen LogP contribution in [0.4, 0.5) is 0 Å². The zero-order valence-corrected chi connectivity index (χ0v) is 16.3. The third kappa shape index (κ3) is 4.22. The molecule has 0 aliphatic carbocycles. The van der Waals surface area contributed by atoms with Gasteiger partial charge in [-0.3, -0.25) is 0 Å². The van der Waals surface area contributed by atoms with Crippen LogP contribution in [-0.4, -0.2) is 41.4 Å². The van der Waals surface area contributed by atoms with E-state index in [1.165, 1.54) is 4.53 Å². The number of hydrogen-bond donors (Lipinski definition) is 1. The number of halogens is 2. The summed E-state index contributed by atoms with van der Waals surface area (Å²) in [6, 6.07) is 17.3. The zero-order chi connectivity index (χ0) is 18.8. The molecule has 4 atom stereocenters. The minimum absolute atomic E-state index is 0.0324. The maximum Gasteiger partial charge on any atom is 0.167 e. The SMILES string of the molecule is CC1COC(C(c2ccccc2)C2N(Cl)NCN2Oc2ccc(Cl)cc2)O1. The molecule has 0 amide bonds. The Hall–Kier alpha value is -1.38. The molecule has 2 heterocycles. The van der Waals surface area contributed by atoms with Crippen LogP contribution in [0.5, 0.6) is 5.75 Å². The van der Waals surface area contributed by atoms with E-state index < -0.39 is 6.29 Å². The minimum atomic E-state index is -0.426. The van der Waals surface area contributed by atoms with E-state index in [2.05, 4.69) is 5.43 Å². The summed E-state index contributed by atoms with van der Waals surface area (Å²) in [6.45, 7) is 2.96. The predicted octanol–water partition coefficient (Wildman–Crippen LogP) is 3.74. The number of ether oxygens (including phenoxy) is 2. The second kappa shape index (κ2) is 8.32. The molecular weight excluding hydrogens is 389 g/mol. The van der Waals surface area contributed by atoms with Gasteiger partial charge in [-0.1, -0.05) is 41.9 Å². The summed E-state index contributed by atoms with van der Waals surface area (Å²) >= 11 is 12.5. The molecule has 0 spiro atoms. The lowest BCUT2D eigenvalue weighted by molar-refractivity contribution is -0.145. The molecule has 2 aromatic rings. The summed E-state index contributed by atoms with van der Waals surface area (Å²) in [4.78, 5) is 6.08. The Kier molecular flexibility index (Phi) is 5.85. The molecule has 1 N–H and O–H groups in total. The van der Waals surface area contributed by atoms with Crippen molar-refractivity contribution >= 4 is 23.4 Å². The highest BCUT2D eigenvalue weighted by Gasteiger charge is 2.46. The second-order valence-corrected chi connectivity index (χ2v) is 7.39. The first-order chi connectivity index (χ1) is 13.1. The minimum Gasteiger partial charge on any atom is -0.403 e. The molecule has 2 fully saturated rings. The Morgan fingerprint density at radius 1 is 1.15 bits per heavy atom. The van der Waals surface area contributed by atoms with E-state index in [0.29, 0.717) is 24.0 Å². The Morgan fingerprint density at radius 3 is 2.56 bits per heavy atom. The van der Waals surface area contributed by atoms with Gasteiger partial charge in [0.1, 0.15) is 18.6 Å². The van der Waals surface area contributed by atoms with E-state index in [9.17, 15) is 0 Å². The topological polar surface area (TPSA) is 46.2 Å². The average Bonchev–Trinajstić information content (AvgIpc) is 3.26. The number of rotatable bonds is 5. The largest absolute Gasteiger partial charge is 0.403 e. The second-order valence-electron chi connectivity index (χ2n) is 6.59. The lowest BCUT2D eigenvalue weighted by atomic mass is 9.95. The lowest BCUT2D eigenvalue weighted by Crippen LogP contribution is -2.46. The van der Waals surface area contributed by atoms with Crippen molar-refractivity contribution in [1.29, 1.82) is 0 Å². The number of nitrogens with zero attached hydrogens (tertiary/aromatic N) is 2. The molecule has 4 unspecified atom stereocenters. The zero-order valence-electron chi connectivity index (χ0n) is 14.8. The van der Waals surface area contributed by atoms with Gasteiger partial charge in [0.25, 0.3) is 0 Å². The molecule has 2 aromatic carbocycles. The van der Waals surface area contributed by atoms with Gasteiger partial charge in [0.15, 0.2) is 6.29 Å². The highest BCUT2D eigenvalue weighted by molar-refractivity contribution is 6.30. The Morgan fingerprint density at radius 2 is 1.89 bits per heavy atom. The van der Waals surface area contributed by atoms with Gasteiger partial charge in [0, 0.05) is 5.02 Å². The van der Waals surface area contributed by atoms with Crippen molar-refractivity contribution in [3.63, 3.8) is 0 Å². The molecule has 8 heteroatoms. The van der Waals surface area contributed by atoms with E-state index in [1.807, 2.05) is 49.4 Å². The summed E-state index contributed by atoms with van der Waals surface area (Å²) in [6.07, 6.45) is -0.741. The van der Waals surface area contributed by atoms with Crippen LogP contribution in [0.25, 0.3) is 0 Å². The van der Waals surface area contributed by atoms with E-state index in [4.69, 9.17) is 37.7 Å². The number of benzene rings is 2. The number of hydroxylamine groups is 2. The predicted molar refractivity (Wildman–Crippen MR) is 103 cm³/mol. The van der Waals surface area contributed by atoms with Gasteiger partial charge in [-0.15, -0.1) is 9.59 Å². The Labute approximate surface area is 168 Å². The number of hydrogen-bond acceptors (Lipinski definition) is 6. The fraction of sp³-hybridized carbons (Fsp3) is 0.368. The van der Waals surface area contributed by atoms with Gasteiger partial charge < -0.3 is 14.3 Å². The van der Waals surface area contributed by atoms with Crippen LogP contribution in [0.3, 0.4) is 0 Å². The van der Waals surface area contributed by atoms with Crippen LogP contribution in [0.2, 0.25) is 5.02 Å². The highest BCUT2D eigenvalue weighted by Crippen LogP contribution is 2.36. The molecule has 2 saturated heterocycles. The van der Waals surface area contributed by atoms with E-state index in [0.717, 1.165) is 5.56 Å². The average molecular weight is 410 g/mol. The molecular formula is C19H21Cl2N3O3. The first-order valence-corrected chi connectivity index (χ1v) is 9.54. The van der Waals surface area contributed by atoms with Gasteiger partial charge in [0.05, 0.1) is 18.6 Å². The van der Waals surface area contributed by atoms with Crippen molar-refractivity contribution in [2.45, 2.75) is 31.4 Å². The normalized spacial score (nSPS) is 27.7. The first kappa shape index (κ1) is 19.0. The van der Waals surface area contributed by atoms with Gasteiger partial charge in [-0.05, 0) is 48.5 Å². The van der Waals surface area contributed by atoms with Crippen molar-refractivity contribution in [3.8, 4) is 5.75 Å². The van der Waals surface area contributed by atoms with Gasteiger partial charge in [-0.2, -0.15) is 0 Å². The molecule has 144 valence electrons. The molecule has 0 radical (unpaired) electrons. The molecule has 0 bridgehead atoms. The third-order valence-electron chi connectivity index (χ3n) is 4.60. The van der Waals surface area contributed by atoms with Crippen LogP contribution in [-0.2, 0) is 9.47 Å². The van der Waals surface area contributed by atoms with Crippen LogP contribution in [0, 0.1) is 0 Å².